The molecule has 0 aliphatic carbocycles. The van der Waals surface area contributed by atoms with Gasteiger partial charge in [0.25, 0.3) is 0 Å². The summed E-state index contributed by atoms with van der Waals surface area (Å²) in [4.78, 5) is 6.78. The Labute approximate surface area is 198 Å². The van der Waals surface area contributed by atoms with E-state index in [4.69, 9.17) is 4.74 Å². The van der Waals surface area contributed by atoms with Crippen molar-refractivity contribution in [3.8, 4) is 28.5 Å². The molecule has 1 aromatic heterocycles. The minimum atomic E-state index is -0.605. The molecule has 0 saturated carbocycles. The molecule has 2 N–H and O–H groups in total. The minimum Gasteiger partial charge on any atom is -0.508 e. The molecule has 0 bridgehead atoms. The van der Waals surface area contributed by atoms with Gasteiger partial charge in [-0.2, -0.15) is 5.10 Å². The molecule has 5 rings (SSSR count). The molecule has 1 aliphatic rings. The second kappa shape index (κ2) is 9.00. The van der Waals surface area contributed by atoms with Crippen molar-refractivity contribution < 1.29 is 14.2 Å². The molecule has 0 radical (unpaired) electrons. The van der Waals surface area contributed by atoms with Crippen molar-refractivity contribution >= 4 is 0 Å². The van der Waals surface area contributed by atoms with Crippen LogP contribution in [0.2, 0.25) is 0 Å². The van der Waals surface area contributed by atoms with E-state index in [0.29, 0.717) is 18.3 Å². The number of rotatable bonds is 7. The number of nitrogens with zero attached hydrogens (tertiary/aromatic N) is 3. The van der Waals surface area contributed by atoms with Crippen molar-refractivity contribution in [2.75, 3.05) is 20.6 Å². The maximum atomic E-state index is 13.7. The van der Waals surface area contributed by atoms with Crippen LogP contribution in [0.25, 0.3) is 22.8 Å². The van der Waals surface area contributed by atoms with Crippen LogP contribution < -0.4 is 0 Å². The number of nitrogens with one attached hydrogen (secondary N) is 1. The van der Waals surface area contributed by atoms with Gasteiger partial charge in [0, 0.05) is 11.1 Å². The Morgan fingerprint density at radius 1 is 1.06 bits per heavy atom. The van der Waals surface area contributed by atoms with Crippen molar-refractivity contribution in [3.63, 3.8) is 0 Å². The molecular weight excluding hydrogens is 431 g/mol. The highest BCUT2D eigenvalue weighted by atomic mass is 19.1. The molecule has 4 aromatic rings. The Morgan fingerprint density at radius 3 is 2.65 bits per heavy atom. The lowest BCUT2D eigenvalue weighted by atomic mass is 9.81. The second-order valence-corrected chi connectivity index (χ2v) is 8.96. The molecule has 0 fully saturated rings. The molecule has 174 valence electrons. The van der Waals surface area contributed by atoms with Crippen LogP contribution in [-0.2, 0) is 16.9 Å². The first kappa shape index (κ1) is 22.3. The molecule has 1 atom stereocenters. The number of phenols is 1. The molecular formula is C27H27FN4O2. The van der Waals surface area contributed by atoms with Gasteiger partial charge < -0.3 is 14.7 Å². The first-order valence-corrected chi connectivity index (χ1v) is 11.3. The molecule has 6 nitrogen and oxygen atoms in total. The van der Waals surface area contributed by atoms with E-state index in [1.165, 1.54) is 12.1 Å². The number of aromatic nitrogens is 3. The SMILES string of the molecule is CN(C)CCC[C@@]1(c2ccc(F)cc2)OCc2cc(-c3nc(-c4cccc(O)c4)n[nH]3)ccc21. The van der Waals surface area contributed by atoms with Gasteiger partial charge >= 0.3 is 0 Å². The number of fused-ring (bicyclic) bond motifs is 1. The van der Waals surface area contributed by atoms with E-state index >= 15 is 0 Å². The fourth-order valence-corrected chi connectivity index (χ4v) is 4.65. The summed E-state index contributed by atoms with van der Waals surface area (Å²) < 4.78 is 20.1. The lowest BCUT2D eigenvalue weighted by Gasteiger charge is -2.31. The number of hydrogen-bond donors (Lipinski definition) is 2. The van der Waals surface area contributed by atoms with Crippen molar-refractivity contribution in [2.24, 2.45) is 0 Å². The van der Waals surface area contributed by atoms with Gasteiger partial charge in [0.1, 0.15) is 17.2 Å². The number of halogens is 1. The maximum Gasteiger partial charge on any atom is 0.181 e. The standard InChI is InChI=1S/C27H27FN4O2/c1-32(2)14-4-13-27(21-8-10-22(28)11-9-21)24-12-7-19(15-20(24)17-34-27)26-29-25(30-31-26)18-5-3-6-23(33)16-18/h3,5-12,15-16,33H,4,13-14,17H2,1-2H3,(H,29,30,31)/t27-/m0/s1. The van der Waals surface area contributed by atoms with Gasteiger partial charge in [-0.1, -0.05) is 36.4 Å². The molecule has 0 amide bonds. The largest absolute Gasteiger partial charge is 0.508 e. The summed E-state index contributed by atoms with van der Waals surface area (Å²) in [5.41, 5.74) is 4.19. The summed E-state index contributed by atoms with van der Waals surface area (Å²) >= 11 is 0. The van der Waals surface area contributed by atoms with Gasteiger partial charge in [-0.3, -0.25) is 5.10 Å². The van der Waals surface area contributed by atoms with Crippen LogP contribution in [0.15, 0.2) is 66.7 Å². The van der Waals surface area contributed by atoms with Crippen molar-refractivity contribution in [3.05, 3.63) is 89.2 Å². The van der Waals surface area contributed by atoms with Gasteiger partial charge in [-0.15, -0.1) is 0 Å². The summed E-state index contributed by atoms with van der Waals surface area (Å²) in [6, 6.07) is 19.7. The van der Waals surface area contributed by atoms with Crippen LogP contribution in [0, 0.1) is 5.82 Å². The third-order valence-corrected chi connectivity index (χ3v) is 6.32. The van der Waals surface area contributed by atoms with E-state index in [-0.39, 0.29) is 11.6 Å². The smallest absolute Gasteiger partial charge is 0.181 e. The maximum absolute atomic E-state index is 13.7. The van der Waals surface area contributed by atoms with E-state index in [2.05, 4.69) is 46.3 Å². The number of phenolic OH excluding ortho intramolecular Hbond substituents is 1. The number of benzene rings is 3. The Morgan fingerprint density at radius 2 is 1.88 bits per heavy atom. The third kappa shape index (κ3) is 4.20. The first-order chi connectivity index (χ1) is 16.4. The normalized spacial score (nSPS) is 17.3. The van der Waals surface area contributed by atoms with Crippen LogP contribution in [0.5, 0.6) is 5.75 Å². The summed E-state index contributed by atoms with van der Waals surface area (Å²) in [5, 5.41) is 17.1. The van der Waals surface area contributed by atoms with Gasteiger partial charge in [-0.25, -0.2) is 9.37 Å². The minimum absolute atomic E-state index is 0.171. The van der Waals surface area contributed by atoms with E-state index < -0.39 is 5.60 Å². The monoisotopic (exact) mass is 458 g/mol. The number of aromatic amines is 1. The first-order valence-electron chi connectivity index (χ1n) is 11.3. The Hall–Kier alpha value is -3.55. The van der Waals surface area contributed by atoms with E-state index in [1.54, 1.807) is 18.2 Å². The zero-order chi connectivity index (χ0) is 23.7. The molecule has 34 heavy (non-hydrogen) atoms. The fraction of sp³-hybridized carbons (Fsp3) is 0.259. The topological polar surface area (TPSA) is 74.3 Å². The fourth-order valence-electron chi connectivity index (χ4n) is 4.65. The highest BCUT2D eigenvalue weighted by Gasteiger charge is 2.41. The number of hydrogen-bond acceptors (Lipinski definition) is 5. The molecule has 0 unspecified atom stereocenters. The second-order valence-electron chi connectivity index (χ2n) is 8.96. The van der Waals surface area contributed by atoms with E-state index in [1.807, 2.05) is 24.3 Å². The third-order valence-electron chi connectivity index (χ3n) is 6.32. The van der Waals surface area contributed by atoms with Gasteiger partial charge in [0.05, 0.1) is 6.61 Å². The number of H-pyrrole nitrogens is 1. The number of ether oxygens (including phenoxy) is 1. The number of aromatic hydroxyl groups is 1. The van der Waals surface area contributed by atoms with E-state index in [9.17, 15) is 9.50 Å². The van der Waals surface area contributed by atoms with Crippen molar-refractivity contribution in [1.82, 2.24) is 20.1 Å². The highest BCUT2D eigenvalue weighted by molar-refractivity contribution is 5.64. The van der Waals surface area contributed by atoms with Crippen LogP contribution in [0.3, 0.4) is 0 Å². The lowest BCUT2D eigenvalue weighted by Crippen LogP contribution is -2.28. The Balaban J connectivity index is 1.48. The lowest BCUT2D eigenvalue weighted by molar-refractivity contribution is -0.0140. The zero-order valence-corrected chi connectivity index (χ0v) is 19.3. The summed E-state index contributed by atoms with van der Waals surface area (Å²) in [5.74, 6) is 1.08. The van der Waals surface area contributed by atoms with Crippen LogP contribution in [0.4, 0.5) is 4.39 Å². The Kier molecular flexibility index (Phi) is 5.89. The molecule has 0 saturated heterocycles. The molecule has 3 aromatic carbocycles. The van der Waals surface area contributed by atoms with Crippen molar-refractivity contribution in [2.45, 2.75) is 25.0 Å². The average Bonchev–Trinajstić information content (AvgIpc) is 3.45. The predicted molar refractivity (Wildman–Crippen MR) is 129 cm³/mol. The molecule has 7 heteroatoms. The predicted octanol–water partition coefficient (Wildman–Crippen LogP) is 5.10. The van der Waals surface area contributed by atoms with Gasteiger partial charge in [-0.05, 0) is 80.5 Å². The average molecular weight is 459 g/mol. The summed E-state index contributed by atoms with van der Waals surface area (Å²) in [6.45, 7) is 1.41. The van der Waals surface area contributed by atoms with Crippen LogP contribution in [0.1, 0.15) is 29.5 Å². The van der Waals surface area contributed by atoms with Gasteiger partial charge in [0.15, 0.2) is 11.6 Å². The van der Waals surface area contributed by atoms with Crippen molar-refractivity contribution in [1.29, 1.82) is 0 Å². The highest BCUT2D eigenvalue weighted by Crippen LogP contribution is 2.46. The zero-order valence-electron chi connectivity index (χ0n) is 19.3. The quantitative estimate of drug-likeness (QED) is 0.403. The Bertz CT molecular complexity index is 1300. The summed E-state index contributed by atoms with van der Waals surface area (Å²) in [6.07, 6.45) is 1.74. The van der Waals surface area contributed by atoms with Gasteiger partial charge in [0.2, 0.25) is 0 Å². The molecule has 2 heterocycles. The molecule has 0 spiro atoms. The van der Waals surface area contributed by atoms with Crippen LogP contribution in [-0.4, -0.2) is 45.8 Å². The van der Waals surface area contributed by atoms with E-state index in [0.717, 1.165) is 47.2 Å². The molecule has 1 aliphatic heterocycles. The summed E-state index contributed by atoms with van der Waals surface area (Å²) in [7, 11) is 4.12. The van der Waals surface area contributed by atoms with Crippen LogP contribution >= 0.6 is 0 Å².